The van der Waals surface area contributed by atoms with E-state index < -0.39 is 38.7 Å². The van der Waals surface area contributed by atoms with Gasteiger partial charge in [0.25, 0.3) is 5.69 Å². The number of fused-ring (bicyclic) bond motifs is 1. The number of nitro groups is 1. The van der Waals surface area contributed by atoms with E-state index in [-0.39, 0.29) is 16.7 Å². The number of aryl methyl sites for hydroxylation is 1. The summed E-state index contributed by atoms with van der Waals surface area (Å²) < 4.78 is 43.7. The van der Waals surface area contributed by atoms with Crippen molar-refractivity contribution < 1.29 is 37.1 Å². The molecule has 0 N–H and O–H groups in total. The van der Waals surface area contributed by atoms with Crippen molar-refractivity contribution in [2.75, 3.05) is 40.1 Å². The number of benzene rings is 2. The fourth-order valence-corrected chi connectivity index (χ4v) is 7.72. The fraction of sp³-hybridized carbons (Fsp3) is 0.500. The number of likely N-dealkylation sites (tertiary alicyclic amines) is 1. The third-order valence-corrected chi connectivity index (χ3v) is 10.1. The number of methoxy groups -OCH3 is 2. The second-order valence-electron chi connectivity index (χ2n) is 13.3. The maximum atomic E-state index is 13.1. The molecule has 1 atom stereocenters. The van der Waals surface area contributed by atoms with E-state index in [1.807, 2.05) is 19.1 Å². The molecule has 0 bridgehead atoms. The lowest BCUT2D eigenvalue weighted by atomic mass is 9.69. The number of carbonyl (C=O) groups excluding carboxylic acids is 2. The van der Waals surface area contributed by atoms with Crippen LogP contribution in [0.15, 0.2) is 36.5 Å². The van der Waals surface area contributed by atoms with Crippen molar-refractivity contribution in [3.8, 4) is 5.75 Å². The van der Waals surface area contributed by atoms with E-state index >= 15 is 0 Å². The number of sulfonamides is 1. The van der Waals surface area contributed by atoms with Crippen LogP contribution in [0.25, 0.3) is 10.9 Å². The molecule has 248 valence electrons. The molecule has 14 heteroatoms. The van der Waals surface area contributed by atoms with Gasteiger partial charge in [0.2, 0.25) is 10.0 Å². The van der Waals surface area contributed by atoms with Crippen LogP contribution in [0.5, 0.6) is 5.75 Å². The van der Waals surface area contributed by atoms with Gasteiger partial charge in [0.05, 0.1) is 36.5 Å². The summed E-state index contributed by atoms with van der Waals surface area (Å²) in [5.41, 5.74) is 1.50. The number of nitrogens with zero attached hydrogens (tertiary/aromatic N) is 4. The van der Waals surface area contributed by atoms with Crippen molar-refractivity contribution in [3.05, 3.63) is 68.9 Å². The average molecular weight is 657 g/mol. The maximum Gasteiger partial charge on any atom is 0.419 e. The predicted octanol–water partition coefficient (Wildman–Crippen LogP) is 5.04. The van der Waals surface area contributed by atoms with Gasteiger partial charge in [-0.2, -0.15) is 0 Å². The Kier molecular flexibility index (Phi) is 8.68. The number of ether oxygens (including phenoxy) is 3. The van der Waals surface area contributed by atoms with Crippen molar-refractivity contribution >= 4 is 38.7 Å². The molecule has 1 aromatic heterocycles. The summed E-state index contributed by atoms with van der Waals surface area (Å²) in [5.74, 6) is -0.0795. The van der Waals surface area contributed by atoms with Crippen LogP contribution in [0.2, 0.25) is 0 Å². The van der Waals surface area contributed by atoms with Gasteiger partial charge in [0.1, 0.15) is 11.4 Å². The van der Waals surface area contributed by atoms with Crippen LogP contribution in [0.1, 0.15) is 66.7 Å². The molecule has 2 aliphatic heterocycles. The first-order valence-electron chi connectivity index (χ1n) is 14.9. The van der Waals surface area contributed by atoms with Crippen LogP contribution in [-0.4, -0.2) is 84.9 Å². The highest BCUT2D eigenvalue weighted by molar-refractivity contribution is 7.88. The Labute approximate surface area is 268 Å². The van der Waals surface area contributed by atoms with Gasteiger partial charge < -0.3 is 14.2 Å². The first-order valence-corrected chi connectivity index (χ1v) is 16.8. The molecule has 0 saturated carbocycles. The Morgan fingerprint density at radius 2 is 1.83 bits per heavy atom. The molecule has 2 saturated heterocycles. The second kappa shape index (κ2) is 12.0. The molecule has 3 heterocycles. The molecular formula is C32H40N4O9S. The van der Waals surface area contributed by atoms with Gasteiger partial charge in [0, 0.05) is 59.9 Å². The standard InChI is InChI=1S/C32H40N4O9S/c1-20-14-27(43-5)24(22-10-12-35(28(20)22)30(38)45-31(2,3)4)17-33-13-11-32(18-34(19-32)46(7,41)42)16-26(33)23-9-8-21(29(37)44-6)15-25(23)36(39)40/h8-10,12,14-15,26H,11,13,16-19H2,1-7H3. The summed E-state index contributed by atoms with van der Waals surface area (Å²) in [6.45, 7) is 8.80. The largest absolute Gasteiger partial charge is 0.496 e. The molecule has 0 radical (unpaired) electrons. The second-order valence-corrected chi connectivity index (χ2v) is 15.3. The fourth-order valence-electron chi connectivity index (χ4n) is 6.70. The zero-order valence-electron chi connectivity index (χ0n) is 27.2. The van der Waals surface area contributed by atoms with E-state index in [4.69, 9.17) is 14.2 Å². The highest BCUT2D eigenvalue weighted by Crippen LogP contribution is 2.50. The first kappa shape index (κ1) is 33.4. The number of hydrogen-bond donors (Lipinski definition) is 0. The normalized spacial score (nSPS) is 18.7. The molecular weight excluding hydrogens is 616 g/mol. The maximum absolute atomic E-state index is 13.1. The topological polar surface area (TPSA) is 151 Å². The van der Waals surface area contributed by atoms with Gasteiger partial charge in [-0.25, -0.2) is 22.3 Å². The molecule has 0 amide bonds. The summed E-state index contributed by atoms with van der Waals surface area (Å²) in [7, 11) is -0.591. The van der Waals surface area contributed by atoms with Crippen LogP contribution in [0.3, 0.4) is 0 Å². The zero-order valence-corrected chi connectivity index (χ0v) is 28.0. The molecule has 0 aliphatic carbocycles. The van der Waals surface area contributed by atoms with E-state index in [9.17, 15) is 28.1 Å². The van der Waals surface area contributed by atoms with E-state index in [1.165, 1.54) is 34.4 Å². The summed E-state index contributed by atoms with van der Waals surface area (Å²) in [6, 6.07) is 7.56. The van der Waals surface area contributed by atoms with E-state index in [1.54, 1.807) is 40.1 Å². The van der Waals surface area contributed by atoms with E-state index in [0.717, 1.165) is 16.5 Å². The molecule has 2 fully saturated rings. The number of aromatic nitrogens is 1. The average Bonchev–Trinajstić information content (AvgIpc) is 3.41. The van der Waals surface area contributed by atoms with Gasteiger partial charge in [-0.05, 0) is 76.9 Å². The molecule has 3 aromatic rings. The minimum atomic E-state index is -3.38. The zero-order chi connectivity index (χ0) is 33.8. The Balaban J connectivity index is 1.59. The number of esters is 1. The van der Waals surface area contributed by atoms with Crippen molar-refractivity contribution in [1.29, 1.82) is 0 Å². The van der Waals surface area contributed by atoms with Crippen molar-refractivity contribution in [2.45, 2.75) is 58.7 Å². The first-order chi connectivity index (χ1) is 21.5. The predicted molar refractivity (Wildman–Crippen MR) is 171 cm³/mol. The number of piperidine rings is 1. The molecule has 1 spiro atoms. The molecule has 46 heavy (non-hydrogen) atoms. The minimum absolute atomic E-state index is 0.0623. The Morgan fingerprint density at radius 3 is 2.41 bits per heavy atom. The molecule has 2 aromatic carbocycles. The van der Waals surface area contributed by atoms with Crippen LogP contribution in [0.4, 0.5) is 10.5 Å². The summed E-state index contributed by atoms with van der Waals surface area (Å²) in [4.78, 5) is 39.4. The molecule has 1 unspecified atom stereocenters. The number of carbonyl (C=O) groups is 2. The Morgan fingerprint density at radius 1 is 1.13 bits per heavy atom. The SMILES string of the molecule is COC(=O)c1ccc(C2CC3(CCN2Cc2c(OC)cc(C)c4c2ccn4C(=O)OC(C)(C)C)CN(S(C)(=O)=O)C3)c([N+](=O)[O-])c1. The van der Waals surface area contributed by atoms with Crippen molar-refractivity contribution in [3.63, 3.8) is 0 Å². The lowest BCUT2D eigenvalue weighted by Crippen LogP contribution is -2.61. The smallest absolute Gasteiger partial charge is 0.419 e. The minimum Gasteiger partial charge on any atom is -0.496 e. The van der Waals surface area contributed by atoms with Crippen molar-refractivity contribution in [2.24, 2.45) is 5.41 Å². The Bertz CT molecular complexity index is 1820. The van der Waals surface area contributed by atoms with Crippen LogP contribution < -0.4 is 4.74 Å². The van der Waals surface area contributed by atoms with E-state index in [2.05, 4.69) is 4.90 Å². The molecule has 2 aliphatic rings. The Hall–Kier alpha value is -4.01. The van der Waals surface area contributed by atoms with E-state index in [0.29, 0.717) is 55.9 Å². The lowest BCUT2D eigenvalue weighted by Gasteiger charge is -2.55. The third-order valence-electron chi connectivity index (χ3n) is 8.90. The molecule has 5 rings (SSSR count). The quantitative estimate of drug-likeness (QED) is 0.192. The van der Waals surface area contributed by atoms with Gasteiger partial charge in [-0.1, -0.05) is 0 Å². The van der Waals surface area contributed by atoms with Crippen LogP contribution >= 0.6 is 0 Å². The van der Waals surface area contributed by atoms with Gasteiger partial charge in [-0.3, -0.25) is 19.6 Å². The highest BCUT2D eigenvalue weighted by atomic mass is 32.2. The third kappa shape index (κ3) is 6.33. The van der Waals surface area contributed by atoms with Gasteiger partial charge in [0.15, 0.2) is 0 Å². The van der Waals surface area contributed by atoms with Crippen LogP contribution in [0, 0.1) is 22.5 Å². The number of hydrogen-bond acceptors (Lipinski definition) is 10. The van der Waals surface area contributed by atoms with Gasteiger partial charge in [-0.15, -0.1) is 0 Å². The summed E-state index contributed by atoms with van der Waals surface area (Å²) >= 11 is 0. The number of nitro benzene ring substituents is 1. The summed E-state index contributed by atoms with van der Waals surface area (Å²) in [6.07, 6.45) is 3.48. The highest BCUT2D eigenvalue weighted by Gasteiger charge is 2.51. The molecule has 13 nitrogen and oxygen atoms in total. The summed E-state index contributed by atoms with van der Waals surface area (Å²) in [5, 5.41) is 13.2. The van der Waals surface area contributed by atoms with Crippen molar-refractivity contribution in [1.82, 2.24) is 13.8 Å². The lowest BCUT2D eigenvalue weighted by molar-refractivity contribution is -0.386. The van der Waals surface area contributed by atoms with Gasteiger partial charge >= 0.3 is 12.1 Å². The number of rotatable bonds is 7. The monoisotopic (exact) mass is 656 g/mol. The van der Waals surface area contributed by atoms with Crippen LogP contribution in [-0.2, 0) is 26.0 Å².